The predicted octanol–water partition coefficient (Wildman–Crippen LogP) is 3.56. The summed E-state index contributed by atoms with van der Waals surface area (Å²) < 4.78 is 0. The highest BCUT2D eigenvalue weighted by atomic mass is 16.3. The van der Waals surface area contributed by atoms with E-state index >= 15 is 0 Å². The van der Waals surface area contributed by atoms with Crippen LogP contribution in [-0.2, 0) is 22.4 Å². The van der Waals surface area contributed by atoms with Crippen molar-refractivity contribution in [3.63, 3.8) is 0 Å². The third-order valence-corrected chi connectivity index (χ3v) is 5.02. The van der Waals surface area contributed by atoms with Crippen LogP contribution in [-0.4, -0.2) is 34.9 Å². The van der Waals surface area contributed by atoms with Crippen molar-refractivity contribution in [3.05, 3.63) is 65.2 Å². The number of nitrogens with one attached hydrogen (secondary N) is 2. The Hall–Kier alpha value is -2.66. The first-order valence-electron chi connectivity index (χ1n) is 10.6. The van der Waals surface area contributed by atoms with Crippen LogP contribution in [0.15, 0.2) is 48.5 Å². The number of phenolic OH excluding ortho intramolecular Hbond substituents is 1. The van der Waals surface area contributed by atoms with Crippen LogP contribution in [0.4, 0.5) is 0 Å². The van der Waals surface area contributed by atoms with Crippen LogP contribution < -0.4 is 10.6 Å². The zero-order valence-electron chi connectivity index (χ0n) is 18.6. The molecule has 0 spiro atoms. The van der Waals surface area contributed by atoms with E-state index in [-0.39, 0.29) is 29.4 Å². The lowest BCUT2D eigenvalue weighted by molar-refractivity contribution is -0.130. The Morgan fingerprint density at radius 2 is 1.33 bits per heavy atom. The second-order valence-corrected chi connectivity index (χ2v) is 8.55. The number of rotatable bonds is 10. The van der Waals surface area contributed by atoms with Gasteiger partial charge in [-0.1, -0.05) is 69.7 Å². The van der Waals surface area contributed by atoms with Gasteiger partial charge in [-0.15, -0.1) is 0 Å². The molecule has 5 heteroatoms. The summed E-state index contributed by atoms with van der Waals surface area (Å²) >= 11 is 0. The zero-order valence-corrected chi connectivity index (χ0v) is 18.6. The summed E-state index contributed by atoms with van der Waals surface area (Å²) in [4.78, 5) is 26.0. The minimum atomic E-state index is -0.573. The lowest BCUT2D eigenvalue weighted by atomic mass is 9.94. The summed E-state index contributed by atoms with van der Waals surface area (Å²) in [5, 5.41) is 15.8. The smallest absolute Gasteiger partial charge is 0.238 e. The maximum Gasteiger partial charge on any atom is 0.238 e. The van der Waals surface area contributed by atoms with Crippen molar-refractivity contribution in [3.8, 4) is 5.75 Å². The summed E-state index contributed by atoms with van der Waals surface area (Å²) in [5.41, 5.74) is 3.11. The molecule has 2 atom stereocenters. The van der Waals surface area contributed by atoms with Crippen molar-refractivity contribution in [1.82, 2.24) is 10.6 Å². The van der Waals surface area contributed by atoms with Crippen LogP contribution in [0, 0.1) is 12.8 Å². The van der Waals surface area contributed by atoms with Crippen molar-refractivity contribution >= 4 is 11.7 Å². The van der Waals surface area contributed by atoms with Gasteiger partial charge in [-0.05, 0) is 43.0 Å². The monoisotopic (exact) mass is 410 g/mol. The van der Waals surface area contributed by atoms with E-state index in [0.717, 1.165) is 16.7 Å². The summed E-state index contributed by atoms with van der Waals surface area (Å²) in [6, 6.07) is 13.9. The van der Waals surface area contributed by atoms with E-state index in [1.165, 1.54) is 0 Å². The Balaban J connectivity index is 2.18. The molecule has 0 radical (unpaired) electrons. The third-order valence-electron chi connectivity index (χ3n) is 5.02. The van der Waals surface area contributed by atoms with Gasteiger partial charge in [0.05, 0.1) is 12.1 Å². The summed E-state index contributed by atoms with van der Waals surface area (Å²) in [7, 11) is 0. The average Bonchev–Trinajstić information content (AvgIpc) is 2.69. The van der Waals surface area contributed by atoms with Gasteiger partial charge in [0.1, 0.15) is 5.75 Å². The number of ketones is 1. The van der Waals surface area contributed by atoms with Crippen LogP contribution in [0.3, 0.4) is 0 Å². The van der Waals surface area contributed by atoms with Gasteiger partial charge < -0.3 is 15.7 Å². The van der Waals surface area contributed by atoms with Crippen molar-refractivity contribution in [2.45, 2.75) is 65.6 Å². The van der Waals surface area contributed by atoms with Crippen molar-refractivity contribution in [1.29, 1.82) is 0 Å². The van der Waals surface area contributed by atoms with Gasteiger partial charge in [-0.25, -0.2) is 0 Å². The number of phenols is 1. The molecule has 3 N–H and O–H groups in total. The van der Waals surface area contributed by atoms with Crippen molar-refractivity contribution in [2.75, 3.05) is 0 Å². The molecule has 0 aliphatic rings. The Morgan fingerprint density at radius 1 is 0.833 bits per heavy atom. The number of hydrogen-bond acceptors (Lipinski definition) is 4. The first-order valence-corrected chi connectivity index (χ1v) is 10.6. The SMILES string of the molecule is Cc1ccc(CC(NC(=O)C(Cc2ccc(O)cc2)NC(C)C)C(=O)C(C)C)cc1. The topological polar surface area (TPSA) is 78.4 Å². The van der Waals surface area contributed by atoms with E-state index in [9.17, 15) is 14.7 Å². The van der Waals surface area contributed by atoms with E-state index in [4.69, 9.17) is 0 Å². The van der Waals surface area contributed by atoms with Crippen LogP contribution in [0.5, 0.6) is 5.75 Å². The summed E-state index contributed by atoms with van der Waals surface area (Å²) in [6.07, 6.45) is 0.939. The molecule has 0 saturated carbocycles. The number of carbonyl (C=O) groups excluding carboxylic acids is 2. The fraction of sp³-hybridized carbons (Fsp3) is 0.440. The Bertz CT molecular complexity index is 826. The molecule has 30 heavy (non-hydrogen) atoms. The molecule has 0 aliphatic heterocycles. The quantitative estimate of drug-likeness (QED) is 0.560. The third kappa shape index (κ3) is 7.30. The van der Waals surface area contributed by atoms with Crippen LogP contribution in [0.25, 0.3) is 0 Å². The molecule has 0 fully saturated rings. The lowest BCUT2D eigenvalue weighted by Gasteiger charge is -2.25. The first-order chi connectivity index (χ1) is 14.2. The molecule has 5 nitrogen and oxygen atoms in total. The van der Waals surface area contributed by atoms with Gasteiger partial charge in [-0.3, -0.25) is 9.59 Å². The normalized spacial score (nSPS) is 13.3. The van der Waals surface area contributed by atoms with Crippen LogP contribution in [0.2, 0.25) is 0 Å². The molecule has 2 aromatic rings. The highest BCUT2D eigenvalue weighted by Gasteiger charge is 2.27. The number of Topliss-reactive ketones (excluding diaryl/α,β-unsaturated/α-hetero) is 1. The van der Waals surface area contributed by atoms with Gasteiger partial charge >= 0.3 is 0 Å². The van der Waals surface area contributed by atoms with Gasteiger partial charge in [0.2, 0.25) is 5.91 Å². The fourth-order valence-electron chi connectivity index (χ4n) is 3.35. The molecular formula is C25H34N2O3. The molecule has 0 aromatic heterocycles. The number of aromatic hydroxyl groups is 1. The van der Waals surface area contributed by atoms with Gasteiger partial charge in [0.25, 0.3) is 0 Å². The highest BCUT2D eigenvalue weighted by molar-refractivity contribution is 5.92. The predicted molar refractivity (Wildman–Crippen MR) is 121 cm³/mol. The Labute approximate surface area is 179 Å². The molecule has 2 unspecified atom stereocenters. The van der Waals surface area contributed by atoms with Crippen LogP contribution >= 0.6 is 0 Å². The number of hydrogen-bond donors (Lipinski definition) is 3. The molecule has 0 aliphatic carbocycles. The van der Waals surface area contributed by atoms with E-state index < -0.39 is 12.1 Å². The molecule has 2 aromatic carbocycles. The number of benzene rings is 2. The number of amides is 1. The molecule has 0 bridgehead atoms. The van der Waals surface area contributed by atoms with Crippen molar-refractivity contribution in [2.24, 2.45) is 5.92 Å². The van der Waals surface area contributed by atoms with Gasteiger partial charge in [0.15, 0.2) is 5.78 Å². The van der Waals surface area contributed by atoms with Crippen LogP contribution in [0.1, 0.15) is 44.4 Å². The van der Waals surface area contributed by atoms with Gasteiger partial charge in [0, 0.05) is 12.0 Å². The van der Waals surface area contributed by atoms with E-state index in [0.29, 0.717) is 12.8 Å². The van der Waals surface area contributed by atoms with E-state index in [2.05, 4.69) is 10.6 Å². The lowest BCUT2D eigenvalue weighted by Crippen LogP contribution is -2.53. The van der Waals surface area contributed by atoms with Crippen molar-refractivity contribution < 1.29 is 14.7 Å². The minimum absolute atomic E-state index is 0.0249. The molecule has 0 saturated heterocycles. The zero-order chi connectivity index (χ0) is 22.3. The average molecular weight is 411 g/mol. The molecular weight excluding hydrogens is 376 g/mol. The minimum Gasteiger partial charge on any atom is -0.508 e. The first kappa shape index (κ1) is 23.6. The summed E-state index contributed by atoms with van der Waals surface area (Å²) in [6.45, 7) is 9.71. The van der Waals surface area contributed by atoms with E-state index in [1.54, 1.807) is 24.3 Å². The largest absolute Gasteiger partial charge is 0.508 e. The maximum absolute atomic E-state index is 13.2. The second-order valence-electron chi connectivity index (χ2n) is 8.55. The Morgan fingerprint density at radius 3 is 1.83 bits per heavy atom. The standard InChI is InChI=1S/C25H34N2O3/c1-16(2)24(29)22(14-19-8-6-18(5)7-9-19)27-25(30)23(26-17(3)4)15-20-10-12-21(28)13-11-20/h6-13,16-17,22-23,26,28H,14-15H2,1-5H3,(H,27,30). The van der Waals surface area contributed by atoms with Gasteiger partial charge in [-0.2, -0.15) is 0 Å². The molecule has 2 rings (SSSR count). The molecule has 162 valence electrons. The number of carbonyl (C=O) groups is 2. The second kappa shape index (κ2) is 10.9. The molecule has 0 heterocycles. The fourth-order valence-corrected chi connectivity index (χ4v) is 3.35. The summed E-state index contributed by atoms with van der Waals surface area (Å²) in [5.74, 6) is -0.147. The highest BCUT2D eigenvalue weighted by Crippen LogP contribution is 2.13. The van der Waals surface area contributed by atoms with E-state index in [1.807, 2.05) is 58.9 Å². The molecule has 1 amide bonds. The number of aryl methyl sites for hydroxylation is 1. The Kier molecular flexibility index (Phi) is 8.60. The maximum atomic E-state index is 13.2.